The Hall–Kier alpha value is -0.655. The van der Waals surface area contributed by atoms with Crippen LogP contribution >= 0.6 is 24.4 Å². The first-order valence-corrected chi connectivity index (χ1v) is 11.6. The summed E-state index contributed by atoms with van der Waals surface area (Å²) in [5.74, 6) is -14.5. The lowest BCUT2D eigenvalue weighted by Gasteiger charge is -2.62. The quantitative estimate of drug-likeness (QED) is 0.157. The zero-order chi connectivity index (χ0) is 28.1. The predicted octanol–water partition coefficient (Wildman–Crippen LogP) is 3.89. The molecule has 0 heterocycles. The fraction of sp³-hybridized carbons (Fsp3) is 0.895. The number of esters is 2. The summed E-state index contributed by atoms with van der Waals surface area (Å²) in [5.41, 5.74) is -15.2. The average Bonchev–Trinajstić information content (AvgIpc) is 2.69. The van der Waals surface area contributed by atoms with Crippen molar-refractivity contribution in [3.05, 3.63) is 0 Å². The third kappa shape index (κ3) is 4.83. The molecule has 0 aromatic heterocycles. The fourth-order valence-corrected chi connectivity index (χ4v) is 5.10. The molecular formula is C19H24B3F7O4S2. The molecule has 1 aliphatic rings. The monoisotopic (exact) mass is 546 g/mol. The molecule has 1 rings (SSSR count). The number of halogens is 7. The Morgan fingerprint density at radius 3 is 1.86 bits per heavy atom. The Labute approximate surface area is 213 Å². The Balaban J connectivity index is 2.99. The Kier molecular flexibility index (Phi) is 9.16. The van der Waals surface area contributed by atoms with E-state index in [1.165, 1.54) is 0 Å². The summed E-state index contributed by atoms with van der Waals surface area (Å²) >= 11 is 5.49. The third-order valence-corrected chi connectivity index (χ3v) is 8.37. The first kappa shape index (κ1) is 32.4. The van der Waals surface area contributed by atoms with E-state index in [2.05, 4.69) is 25.2 Å². The molecule has 0 aromatic rings. The van der Waals surface area contributed by atoms with Gasteiger partial charge in [-0.2, -0.15) is 8.78 Å². The van der Waals surface area contributed by atoms with Gasteiger partial charge in [-0.3, -0.25) is 4.79 Å². The number of alkyl halides is 7. The summed E-state index contributed by atoms with van der Waals surface area (Å²) in [6, 6.07) is 0. The first-order chi connectivity index (χ1) is 15.4. The van der Waals surface area contributed by atoms with Gasteiger partial charge in [0.2, 0.25) is 0 Å². The van der Waals surface area contributed by atoms with Crippen LogP contribution in [0.25, 0.3) is 0 Å². The number of ether oxygens (including phenoxy) is 2. The summed E-state index contributed by atoms with van der Waals surface area (Å²) in [6.07, 6.45) is -0.888. The molecule has 0 amide bonds. The number of carbonyl (C=O) groups is 2. The number of carbonyl (C=O) groups excluding carboxylic acids is 2. The van der Waals surface area contributed by atoms with Gasteiger partial charge in [0.05, 0.1) is 22.1 Å². The molecule has 1 saturated carbocycles. The number of rotatable bonds is 9. The lowest BCUT2D eigenvalue weighted by molar-refractivity contribution is -0.357. The minimum atomic E-state index is -5.91. The summed E-state index contributed by atoms with van der Waals surface area (Å²) in [4.78, 5) is 24.3. The molecule has 0 N–H and O–H groups in total. The van der Waals surface area contributed by atoms with Gasteiger partial charge in [0.15, 0.2) is 9.75 Å². The van der Waals surface area contributed by atoms with Crippen LogP contribution in [0.2, 0.25) is 5.21 Å². The van der Waals surface area contributed by atoms with E-state index >= 15 is 4.39 Å². The van der Waals surface area contributed by atoms with E-state index in [0.717, 1.165) is 11.8 Å². The van der Waals surface area contributed by atoms with Crippen molar-refractivity contribution in [2.24, 2.45) is 5.92 Å². The normalized spacial score (nSPS) is 33.2. The molecule has 1 aliphatic carbocycles. The summed E-state index contributed by atoms with van der Waals surface area (Å²) in [6.45, 7) is 3.53. The summed E-state index contributed by atoms with van der Waals surface area (Å²) < 4.78 is 110. The van der Waals surface area contributed by atoms with Gasteiger partial charge in [-0.1, -0.05) is 27.7 Å². The highest BCUT2D eigenvalue weighted by atomic mass is 32.2. The van der Waals surface area contributed by atoms with E-state index in [9.17, 15) is 35.9 Å². The molecule has 16 heteroatoms. The zero-order valence-electron chi connectivity index (χ0n) is 19.6. The SMILES string of the molecule is [B]C1([B])C([B])(F)C(F)(F)C(F)(COC(=O)CCOC(=O)C(S)(SC(C)C)C(C)C)C(F)(F)C1(C)F. The van der Waals surface area contributed by atoms with E-state index in [-0.39, 0.29) is 18.1 Å². The Bertz CT molecular complexity index is 798. The van der Waals surface area contributed by atoms with Gasteiger partial charge in [-0.15, -0.1) is 24.4 Å². The number of thioether (sulfide) groups is 1. The second kappa shape index (κ2) is 9.91. The minimum Gasteiger partial charge on any atom is -0.463 e. The highest BCUT2D eigenvalue weighted by Gasteiger charge is 2.90. The number of hydrogen-bond acceptors (Lipinski definition) is 6. The van der Waals surface area contributed by atoms with Gasteiger partial charge in [-0.05, 0) is 18.1 Å². The highest BCUT2D eigenvalue weighted by Crippen LogP contribution is 2.69. The summed E-state index contributed by atoms with van der Waals surface area (Å²) in [7, 11) is 14.3. The van der Waals surface area contributed by atoms with Gasteiger partial charge in [0.25, 0.3) is 5.67 Å². The van der Waals surface area contributed by atoms with E-state index in [0.29, 0.717) is 0 Å². The molecule has 4 atom stereocenters. The van der Waals surface area contributed by atoms with Crippen LogP contribution in [0.3, 0.4) is 0 Å². The maximum Gasteiger partial charge on any atom is 0.332 e. The smallest absolute Gasteiger partial charge is 0.332 e. The van der Waals surface area contributed by atoms with Crippen molar-refractivity contribution in [3.8, 4) is 0 Å². The van der Waals surface area contributed by atoms with Gasteiger partial charge in [-0.25, -0.2) is 26.7 Å². The molecule has 0 saturated heterocycles. The van der Waals surface area contributed by atoms with Crippen LogP contribution in [0.4, 0.5) is 30.7 Å². The van der Waals surface area contributed by atoms with E-state index in [4.69, 9.17) is 20.4 Å². The van der Waals surface area contributed by atoms with Crippen molar-refractivity contribution >= 4 is 59.9 Å². The van der Waals surface area contributed by atoms with Crippen molar-refractivity contribution < 1.29 is 49.8 Å². The largest absolute Gasteiger partial charge is 0.463 e. The molecule has 6 radical (unpaired) electrons. The first-order valence-electron chi connectivity index (χ1n) is 10.3. The van der Waals surface area contributed by atoms with Crippen LogP contribution in [0.15, 0.2) is 0 Å². The topological polar surface area (TPSA) is 52.6 Å². The van der Waals surface area contributed by atoms with Crippen molar-refractivity contribution in [2.45, 2.75) is 84.3 Å². The second-order valence-electron chi connectivity index (χ2n) is 9.10. The predicted molar refractivity (Wildman–Crippen MR) is 123 cm³/mol. The highest BCUT2D eigenvalue weighted by molar-refractivity contribution is 8.13. The summed E-state index contributed by atoms with van der Waals surface area (Å²) in [5, 5.41) is -4.29. The lowest BCUT2D eigenvalue weighted by atomic mass is 9.31. The van der Waals surface area contributed by atoms with Crippen molar-refractivity contribution in [2.75, 3.05) is 13.2 Å². The van der Waals surface area contributed by atoms with Gasteiger partial charge < -0.3 is 9.47 Å². The van der Waals surface area contributed by atoms with Gasteiger partial charge in [0, 0.05) is 5.25 Å². The second-order valence-corrected chi connectivity index (χ2v) is 11.9. The van der Waals surface area contributed by atoms with E-state index in [1.807, 2.05) is 0 Å². The molecular weight excluding hydrogens is 522 g/mol. The van der Waals surface area contributed by atoms with Crippen LogP contribution in [0, 0.1) is 5.92 Å². The fourth-order valence-electron chi connectivity index (χ4n) is 3.26. The Morgan fingerprint density at radius 2 is 1.43 bits per heavy atom. The van der Waals surface area contributed by atoms with Crippen LogP contribution in [0.1, 0.15) is 41.0 Å². The number of thiol groups is 1. The molecule has 0 aromatic carbocycles. The van der Waals surface area contributed by atoms with Crippen LogP contribution in [-0.2, 0) is 19.1 Å². The maximum absolute atomic E-state index is 15.1. The molecule has 35 heavy (non-hydrogen) atoms. The van der Waals surface area contributed by atoms with E-state index < -0.39 is 69.6 Å². The minimum absolute atomic E-state index is 0.0425. The van der Waals surface area contributed by atoms with Crippen LogP contribution in [0.5, 0.6) is 0 Å². The number of hydrogen-bond donors (Lipinski definition) is 1. The zero-order valence-corrected chi connectivity index (χ0v) is 21.4. The van der Waals surface area contributed by atoms with Crippen molar-refractivity contribution in [1.29, 1.82) is 0 Å². The van der Waals surface area contributed by atoms with Crippen molar-refractivity contribution in [1.82, 2.24) is 0 Å². The lowest BCUT2D eigenvalue weighted by Crippen LogP contribution is -2.83. The van der Waals surface area contributed by atoms with Crippen LogP contribution in [-0.4, -0.2) is 86.8 Å². The Morgan fingerprint density at radius 1 is 0.943 bits per heavy atom. The molecule has 0 aliphatic heterocycles. The molecule has 0 spiro atoms. The molecule has 4 unspecified atom stereocenters. The molecule has 1 fully saturated rings. The van der Waals surface area contributed by atoms with Gasteiger partial charge >= 0.3 is 23.8 Å². The third-order valence-electron chi connectivity index (χ3n) is 5.88. The van der Waals surface area contributed by atoms with E-state index in [1.54, 1.807) is 27.7 Å². The average molecular weight is 546 g/mol. The van der Waals surface area contributed by atoms with Crippen LogP contribution < -0.4 is 0 Å². The maximum atomic E-state index is 15.1. The molecule has 4 nitrogen and oxygen atoms in total. The molecule has 0 bridgehead atoms. The van der Waals surface area contributed by atoms with Gasteiger partial charge in [0.1, 0.15) is 26.6 Å². The molecule has 194 valence electrons. The standard InChI is InChI=1S/C19H24B3F7O4S2/c1-9(2)15(34,35-10(3)4)12(31)32-7-6-11(30)33-8-14(24)18(26,27)13(5,23)16(20,21)17(22,25)19(14,28)29/h9-10,34H,6-8H2,1-5H3. The van der Waals surface area contributed by atoms with Crippen molar-refractivity contribution in [3.63, 3.8) is 0 Å².